The maximum atomic E-state index is 15.0. The largest absolute Gasteiger partial charge is 0.416 e. The van der Waals surface area contributed by atoms with E-state index in [9.17, 15) is 27.2 Å². The average Bonchev–Trinajstić information content (AvgIpc) is 2.68. The first kappa shape index (κ1) is 23.5. The molecule has 0 bridgehead atoms. The van der Waals surface area contributed by atoms with Crippen LogP contribution >= 0.6 is 0 Å². The molecule has 1 heterocycles. The number of carbonyl (C=O) groups is 1. The van der Waals surface area contributed by atoms with Gasteiger partial charge < -0.3 is 9.47 Å². The third-order valence-electron chi connectivity index (χ3n) is 5.18. The summed E-state index contributed by atoms with van der Waals surface area (Å²) in [5.41, 5.74) is -0.359. The molecule has 0 unspecified atom stereocenters. The number of carbonyl (C=O) groups excluding carboxylic acids is 1. The normalized spacial score (nSPS) is 11.9. The van der Waals surface area contributed by atoms with Crippen LogP contribution in [0, 0.1) is 11.7 Å². The Morgan fingerprint density at radius 3 is 2.44 bits per heavy atom. The van der Waals surface area contributed by atoms with E-state index in [1.54, 1.807) is 17.7 Å². The van der Waals surface area contributed by atoms with Crippen LogP contribution in [-0.4, -0.2) is 17.4 Å². The summed E-state index contributed by atoms with van der Waals surface area (Å²) in [7, 11) is 1.57. The van der Waals surface area contributed by atoms with E-state index in [4.69, 9.17) is 0 Å². The first-order valence-corrected chi connectivity index (χ1v) is 10.1. The van der Waals surface area contributed by atoms with Crippen molar-refractivity contribution in [1.82, 2.24) is 4.57 Å². The summed E-state index contributed by atoms with van der Waals surface area (Å²) >= 11 is 0. The third kappa shape index (κ3) is 4.84. The Bertz CT molecular complexity index is 1230. The summed E-state index contributed by atoms with van der Waals surface area (Å²) in [4.78, 5) is 26.2. The second-order valence-electron chi connectivity index (χ2n) is 8.35. The number of hydrogen-bond donors (Lipinski definition) is 0. The quantitative estimate of drug-likeness (QED) is 0.361. The predicted octanol–water partition coefficient (Wildman–Crippen LogP) is 5.65. The number of benzene rings is 2. The van der Waals surface area contributed by atoms with Crippen molar-refractivity contribution >= 4 is 22.4 Å². The summed E-state index contributed by atoms with van der Waals surface area (Å²) in [6.07, 6.45) is -2.98. The van der Waals surface area contributed by atoms with Crippen LogP contribution in [0.4, 0.5) is 23.2 Å². The average molecular weight is 448 g/mol. The number of alkyl halides is 3. The minimum Gasteiger partial charge on any atom is -0.368 e. The van der Waals surface area contributed by atoms with Crippen molar-refractivity contribution in [2.45, 2.75) is 40.0 Å². The standard InChI is InChI=1S/C24H24F4N2O2/c1-14(2)11-30-13-19(15(3)31)23(32)18-9-20(25)22(10-21(18)30)29(4)12-16-6-5-7-17(8-16)24(26,27)28/h5-10,13-14H,11-12H2,1-4H3. The van der Waals surface area contributed by atoms with Crippen LogP contribution < -0.4 is 10.3 Å². The zero-order chi connectivity index (χ0) is 23.8. The molecule has 0 amide bonds. The molecular weight excluding hydrogens is 424 g/mol. The van der Waals surface area contributed by atoms with Crippen LogP contribution in [0.15, 0.2) is 47.4 Å². The highest BCUT2D eigenvalue weighted by Gasteiger charge is 2.30. The van der Waals surface area contributed by atoms with Gasteiger partial charge in [-0.2, -0.15) is 13.2 Å². The molecule has 0 radical (unpaired) electrons. The van der Waals surface area contributed by atoms with Gasteiger partial charge >= 0.3 is 6.18 Å². The van der Waals surface area contributed by atoms with Crippen molar-refractivity contribution in [3.8, 4) is 0 Å². The molecule has 2 aromatic carbocycles. The van der Waals surface area contributed by atoms with Crippen molar-refractivity contribution in [1.29, 1.82) is 0 Å². The van der Waals surface area contributed by atoms with Crippen LogP contribution in [-0.2, 0) is 19.3 Å². The van der Waals surface area contributed by atoms with Crippen LogP contribution in [0.2, 0.25) is 0 Å². The lowest BCUT2D eigenvalue weighted by atomic mass is 10.1. The maximum Gasteiger partial charge on any atom is 0.416 e. The number of anilines is 1. The number of hydrogen-bond acceptors (Lipinski definition) is 3. The molecule has 32 heavy (non-hydrogen) atoms. The number of aromatic nitrogens is 1. The Hall–Kier alpha value is -3.16. The minimum absolute atomic E-state index is 0.0115. The number of pyridine rings is 1. The predicted molar refractivity (Wildman–Crippen MR) is 117 cm³/mol. The Morgan fingerprint density at radius 2 is 1.84 bits per heavy atom. The zero-order valence-corrected chi connectivity index (χ0v) is 18.3. The lowest BCUT2D eigenvalue weighted by Crippen LogP contribution is -2.22. The number of Topliss-reactive ketones (excluding diaryl/α,β-unsaturated/α-hetero) is 1. The van der Waals surface area contributed by atoms with Gasteiger partial charge in [0.2, 0.25) is 0 Å². The van der Waals surface area contributed by atoms with E-state index in [1.165, 1.54) is 30.2 Å². The molecule has 170 valence electrons. The Kier molecular flexibility index (Phi) is 6.44. The lowest BCUT2D eigenvalue weighted by molar-refractivity contribution is -0.137. The molecule has 0 N–H and O–H groups in total. The highest BCUT2D eigenvalue weighted by atomic mass is 19.4. The number of halogens is 4. The van der Waals surface area contributed by atoms with E-state index >= 15 is 0 Å². The maximum absolute atomic E-state index is 15.0. The van der Waals surface area contributed by atoms with Gasteiger partial charge in [-0.1, -0.05) is 26.0 Å². The summed E-state index contributed by atoms with van der Waals surface area (Å²) in [5, 5.41) is 0.0899. The molecule has 8 heteroatoms. The topological polar surface area (TPSA) is 42.3 Å². The lowest BCUT2D eigenvalue weighted by Gasteiger charge is -2.23. The highest BCUT2D eigenvalue weighted by molar-refractivity contribution is 5.97. The minimum atomic E-state index is -4.47. The van der Waals surface area contributed by atoms with E-state index in [0.29, 0.717) is 17.6 Å². The number of nitrogens with zero attached hydrogens (tertiary/aromatic N) is 2. The van der Waals surface area contributed by atoms with E-state index < -0.39 is 28.8 Å². The molecule has 4 nitrogen and oxygen atoms in total. The molecule has 0 saturated heterocycles. The molecule has 0 spiro atoms. The third-order valence-corrected chi connectivity index (χ3v) is 5.18. The monoisotopic (exact) mass is 448 g/mol. The molecule has 0 aliphatic rings. The van der Waals surface area contributed by atoms with Crippen molar-refractivity contribution in [2.24, 2.45) is 5.92 Å². The second-order valence-corrected chi connectivity index (χ2v) is 8.35. The van der Waals surface area contributed by atoms with E-state index in [0.717, 1.165) is 18.2 Å². The fraction of sp³-hybridized carbons (Fsp3) is 0.333. The van der Waals surface area contributed by atoms with E-state index in [-0.39, 0.29) is 29.1 Å². The van der Waals surface area contributed by atoms with Crippen LogP contribution in [0.5, 0.6) is 0 Å². The summed E-state index contributed by atoms with van der Waals surface area (Å²) in [5.74, 6) is -0.904. The van der Waals surface area contributed by atoms with Crippen LogP contribution in [0.3, 0.4) is 0 Å². The van der Waals surface area contributed by atoms with Gasteiger partial charge in [0.25, 0.3) is 0 Å². The summed E-state index contributed by atoms with van der Waals surface area (Å²) < 4.78 is 55.8. The SMILES string of the molecule is CC(=O)c1cn(CC(C)C)c2cc(N(C)Cc3cccc(C(F)(F)F)c3)c(F)cc2c1=O. The highest BCUT2D eigenvalue weighted by Crippen LogP contribution is 2.31. The molecule has 0 aliphatic carbocycles. The molecule has 0 atom stereocenters. The summed E-state index contributed by atoms with van der Waals surface area (Å²) in [6, 6.07) is 7.47. The number of rotatable bonds is 6. The molecule has 0 fully saturated rings. The van der Waals surface area contributed by atoms with E-state index in [2.05, 4.69) is 0 Å². The van der Waals surface area contributed by atoms with Crippen LogP contribution in [0.1, 0.15) is 42.3 Å². The van der Waals surface area contributed by atoms with E-state index in [1.807, 2.05) is 13.8 Å². The molecule has 0 saturated carbocycles. The van der Waals surface area contributed by atoms with Gasteiger partial charge in [0, 0.05) is 31.7 Å². The zero-order valence-electron chi connectivity index (χ0n) is 18.3. The molecule has 3 aromatic rings. The van der Waals surface area contributed by atoms with Gasteiger partial charge in [-0.15, -0.1) is 0 Å². The number of ketones is 1. The Labute approximate surface area is 183 Å². The smallest absolute Gasteiger partial charge is 0.368 e. The van der Waals surface area contributed by atoms with Crippen LogP contribution in [0.25, 0.3) is 10.9 Å². The van der Waals surface area contributed by atoms with Crippen molar-refractivity contribution < 1.29 is 22.4 Å². The van der Waals surface area contributed by atoms with Crippen molar-refractivity contribution in [2.75, 3.05) is 11.9 Å². The molecule has 1 aromatic heterocycles. The summed E-state index contributed by atoms with van der Waals surface area (Å²) in [6.45, 7) is 5.77. The van der Waals surface area contributed by atoms with Crippen molar-refractivity contribution in [3.05, 3.63) is 75.3 Å². The molecular formula is C24H24F4N2O2. The van der Waals surface area contributed by atoms with Gasteiger partial charge in [0.15, 0.2) is 11.2 Å². The fourth-order valence-corrected chi connectivity index (χ4v) is 3.69. The molecule has 3 rings (SSSR count). The fourth-order valence-electron chi connectivity index (χ4n) is 3.69. The molecule has 0 aliphatic heterocycles. The van der Waals surface area contributed by atoms with Gasteiger partial charge in [-0.05, 0) is 42.7 Å². The second kappa shape index (κ2) is 8.76. The van der Waals surface area contributed by atoms with Gasteiger partial charge in [-0.25, -0.2) is 4.39 Å². The number of fused-ring (bicyclic) bond motifs is 1. The first-order valence-electron chi connectivity index (χ1n) is 10.1. The van der Waals surface area contributed by atoms with Gasteiger partial charge in [0.1, 0.15) is 5.82 Å². The Morgan fingerprint density at radius 1 is 1.16 bits per heavy atom. The van der Waals surface area contributed by atoms with Gasteiger partial charge in [0.05, 0.1) is 22.3 Å². The Balaban J connectivity index is 2.09. The van der Waals surface area contributed by atoms with Gasteiger partial charge in [-0.3, -0.25) is 9.59 Å². The van der Waals surface area contributed by atoms with Crippen molar-refractivity contribution in [3.63, 3.8) is 0 Å². The first-order chi connectivity index (χ1) is 14.9.